The summed E-state index contributed by atoms with van der Waals surface area (Å²) in [6.07, 6.45) is 2.88. The van der Waals surface area contributed by atoms with Gasteiger partial charge in [0.05, 0.1) is 32.0 Å². The summed E-state index contributed by atoms with van der Waals surface area (Å²) < 4.78 is 21.3. The van der Waals surface area contributed by atoms with Gasteiger partial charge in [0.1, 0.15) is 35.2 Å². The number of imide groups is 2. The molecule has 10 heteroatoms. The first-order valence-corrected chi connectivity index (χ1v) is 9.97. The number of nitrogens with one attached hydrogen (secondary N) is 1. The zero-order valence-electron chi connectivity index (χ0n) is 18.1. The number of hydrogen-bond donors (Lipinski definition) is 1. The number of barbiturate groups is 1. The van der Waals surface area contributed by atoms with Gasteiger partial charge in [-0.05, 0) is 18.2 Å². The van der Waals surface area contributed by atoms with Crippen molar-refractivity contribution in [3.05, 3.63) is 59.1 Å². The molecule has 3 rings (SSSR count). The van der Waals surface area contributed by atoms with Crippen molar-refractivity contribution < 1.29 is 33.3 Å². The molecule has 2 aromatic carbocycles. The van der Waals surface area contributed by atoms with Gasteiger partial charge in [-0.25, -0.2) is 9.69 Å². The van der Waals surface area contributed by atoms with E-state index in [4.69, 9.17) is 30.5 Å². The summed E-state index contributed by atoms with van der Waals surface area (Å²) in [5.41, 5.74) is 0.183. The molecule has 0 aliphatic carbocycles. The number of urea groups is 1. The lowest BCUT2D eigenvalue weighted by molar-refractivity contribution is -0.122. The first-order valence-electron chi connectivity index (χ1n) is 9.59. The second kappa shape index (κ2) is 10.1. The molecule has 1 N–H and O–H groups in total. The minimum absolute atomic E-state index is 0.0533. The average Bonchev–Trinajstić information content (AvgIpc) is 2.81. The van der Waals surface area contributed by atoms with E-state index in [-0.39, 0.29) is 34.4 Å². The van der Waals surface area contributed by atoms with Gasteiger partial charge in [0.25, 0.3) is 11.8 Å². The number of carbonyl (C=O) groups excluding carboxylic acids is 3. The molecule has 4 amide bonds. The molecular weight excluding hydrogens is 452 g/mol. The molecule has 1 saturated heterocycles. The third-order valence-electron chi connectivity index (χ3n) is 4.67. The Bertz CT molecular complexity index is 1160. The second-order valence-electron chi connectivity index (χ2n) is 6.62. The molecular formula is C23H21ClN2O7. The molecule has 33 heavy (non-hydrogen) atoms. The van der Waals surface area contributed by atoms with Crippen LogP contribution in [0.4, 0.5) is 10.5 Å². The summed E-state index contributed by atoms with van der Waals surface area (Å²) >= 11 is 6.13. The lowest BCUT2D eigenvalue weighted by Crippen LogP contribution is -2.54. The Morgan fingerprint density at radius 1 is 1.00 bits per heavy atom. The zero-order chi connectivity index (χ0) is 24.1. The van der Waals surface area contributed by atoms with Crippen molar-refractivity contribution in [3.63, 3.8) is 0 Å². The van der Waals surface area contributed by atoms with Gasteiger partial charge in [0.15, 0.2) is 0 Å². The highest BCUT2D eigenvalue weighted by atomic mass is 35.5. The fraction of sp³-hybridized carbons (Fsp3) is 0.174. The fourth-order valence-corrected chi connectivity index (χ4v) is 3.32. The molecule has 1 aliphatic heterocycles. The van der Waals surface area contributed by atoms with E-state index in [0.717, 1.165) is 4.90 Å². The van der Waals surface area contributed by atoms with Crippen LogP contribution in [0.2, 0.25) is 5.02 Å². The summed E-state index contributed by atoms with van der Waals surface area (Å²) in [5.74, 6) is -0.492. The van der Waals surface area contributed by atoms with Crippen molar-refractivity contribution in [1.82, 2.24) is 5.32 Å². The quantitative estimate of drug-likeness (QED) is 0.355. The molecule has 1 fully saturated rings. The van der Waals surface area contributed by atoms with Gasteiger partial charge in [-0.2, -0.15) is 0 Å². The summed E-state index contributed by atoms with van der Waals surface area (Å²) in [7, 11) is 4.25. The van der Waals surface area contributed by atoms with Gasteiger partial charge < -0.3 is 18.9 Å². The van der Waals surface area contributed by atoms with Crippen LogP contribution in [0, 0.1) is 0 Å². The van der Waals surface area contributed by atoms with Crippen molar-refractivity contribution in [1.29, 1.82) is 0 Å². The van der Waals surface area contributed by atoms with E-state index in [1.165, 1.54) is 39.5 Å². The lowest BCUT2D eigenvalue weighted by atomic mass is 10.1. The first kappa shape index (κ1) is 23.7. The molecule has 0 spiro atoms. The summed E-state index contributed by atoms with van der Waals surface area (Å²) in [4.78, 5) is 39.3. The molecule has 0 unspecified atom stereocenters. The highest BCUT2D eigenvalue weighted by Gasteiger charge is 2.38. The number of methoxy groups -OCH3 is 3. The number of ether oxygens (including phenoxy) is 4. The van der Waals surface area contributed by atoms with Crippen molar-refractivity contribution in [3.8, 4) is 23.0 Å². The molecule has 0 bridgehead atoms. The monoisotopic (exact) mass is 472 g/mol. The van der Waals surface area contributed by atoms with Crippen molar-refractivity contribution >= 4 is 41.2 Å². The van der Waals surface area contributed by atoms with Crippen molar-refractivity contribution in [2.45, 2.75) is 0 Å². The van der Waals surface area contributed by atoms with E-state index < -0.39 is 17.8 Å². The van der Waals surface area contributed by atoms with Gasteiger partial charge in [-0.3, -0.25) is 14.9 Å². The van der Waals surface area contributed by atoms with E-state index in [0.29, 0.717) is 17.1 Å². The number of hydrogen-bond acceptors (Lipinski definition) is 7. The summed E-state index contributed by atoms with van der Waals surface area (Å²) in [6, 6.07) is 6.71. The normalized spacial score (nSPS) is 14.7. The summed E-state index contributed by atoms with van der Waals surface area (Å²) in [5, 5.41) is 2.38. The molecule has 0 radical (unpaired) electrons. The van der Waals surface area contributed by atoms with Gasteiger partial charge in [0.2, 0.25) is 0 Å². The van der Waals surface area contributed by atoms with Crippen LogP contribution in [-0.4, -0.2) is 45.8 Å². The maximum atomic E-state index is 13.3. The standard InChI is InChI=1S/C23H21ClN2O7/c1-5-8-33-18-10-14(30-2)7-6-13(18)9-15-21(27)25-23(29)26(22(15)28)17-12-19(31-3)16(24)11-20(17)32-4/h5-7,9-12H,1,8H2,2-4H3,(H,25,27,29)/b15-9+. The van der Waals surface area contributed by atoms with E-state index in [1.807, 2.05) is 0 Å². The molecule has 1 aliphatic rings. The van der Waals surface area contributed by atoms with Crippen molar-refractivity contribution in [2.75, 3.05) is 32.8 Å². The van der Waals surface area contributed by atoms with Crippen LogP contribution in [0.5, 0.6) is 23.0 Å². The number of amides is 4. The van der Waals surface area contributed by atoms with E-state index in [1.54, 1.807) is 24.3 Å². The maximum Gasteiger partial charge on any atom is 0.336 e. The number of anilines is 1. The zero-order valence-corrected chi connectivity index (χ0v) is 18.9. The van der Waals surface area contributed by atoms with Crippen LogP contribution in [0.25, 0.3) is 6.08 Å². The second-order valence-corrected chi connectivity index (χ2v) is 7.03. The van der Waals surface area contributed by atoms with E-state index >= 15 is 0 Å². The highest BCUT2D eigenvalue weighted by Crippen LogP contribution is 2.39. The van der Waals surface area contributed by atoms with Crippen LogP contribution in [0.15, 0.2) is 48.6 Å². The van der Waals surface area contributed by atoms with E-state index in [9.17, 15) is 14.4 Å². The van der Waals surface area contributed by atoms with Crippen LogP contribution in [-0.2, 0) is 9.59 Å². The minimum Gasteiger partial charge on any atom is -0.497 e. The molecule has 9 nitrogen and oxygen atoms in total. The third-order valence-corrected chi connectivity index (χ3v) is 4.97. The topological polar surface area (TPSA) is 103 Å². The Morgan fingerprint density at radius 3 is 2.36 bits per heavy atom. The molecule has 1 heterocycles. The molecule has 172 valence electrons. The van der Waals surface area contributed by atoms with Gasteiger partial charge >= 0.3 is 6.03 Å². The Balaban J connectivity index is 2.10. The molecule has 0 saturated carbocycles. The van der Waals surface area contributed by atoms with Crippen molar-refractivity contribution in [2.24, 2.45) is 0 Å². The van der Waals surface area contributed by atoms with E-state index in [2.05, 4.69) is 11.9 Å². The maximum absolute atomic E-state index is 13.3. The average molecular weight is 473 g/mol. The Labute approximate surface area is 195 Å². The number of halogens is 1. The Hall–Kier alpha value is -3.98. The largest absolute Gasteiger partial charge is 0.497 e. The predicted octanol–water partition coefficient (Wildman–Crippen LogP) is 3.60. The number of nitrogens with zero attached hydrogens (tertiary/aromatic N) is 1. The lowest BCUT2D eigenvalue weighted by Gasteiger charge is -2.28. The molecule has 0 atom stereocenters. The number of benzene rings is 2. The minimum atomic E-state index is -0.942. The predicted molar refractivity (Wildman–Crippen MR) is 122 cm³/mol. The fourth-order valence-electron chi connectivity index (χ4n) is 3.09. The van der Waals surface area contributed by atoms with Crippen LogP contribution < -0.4 is 29.2 Å². The Kier molecular flexibility index (Phi) is 7.24. The highest BCUT2D eigenvalue weighted by molar-refractivity contribution is 6.39. The Morgan fingerprint density at radius 2 is 1.73 bits per heavy atom. The van der Waals surface area contributed by atoms with Crippen LogP contribution in [0.3, 0.4) is 0 Å². The first-order chi connectivity index (χ1) is 15.8. The van der Waals surface area contributed by atoms with Crippen LogP contribution in [0.1, 0.15) is 5.56 Å². The SMILES string of the molecule is C=CCOc1cc(OC)ccc1/C=C1\C(=O)NC(=O)N(c2cc(OC)c(Cl)cc2OC)C1=O. The van der Waals surface area contributed by atoms with Gasteiger partial charge in [-0.1, -0.05) is 24.3 Å². The smallest absolute Gasteiger partial charge is 0.336 e. The number of rotatable bonds is 8. The number of carbonyl (C=O) groups is 3. The summed E-state index contributed by atoms with van der Waals surface area (Å²) in [6.45, 7) is 3.80. The molecule has 0 aromatic heterocycles. The van der Waals surface area contributed by atoms with Crippen LogP contribution >= 0.6 is 11.6 Å². The van der Waals surface area contributed by atoms with Gasteiger partial charge in [-0.15, -0.1) is 0 Å². The third kappa shape index (κ3) is 4.78. The molecule has 2 aromatic rings. The van der Waals surface area contributed by atoms with Gasteiger partial charge in [0, 0.05) is 23.8 Å².